The second kappa shape index (κ2) is 27.0. The van der Waals surface area contributed by atoms with Gasteiger partial charge in [0.25, 0.3) is 10.1 Å². The molecule has 0 amide bonds. The van der Waals surface area contributed by atoms with Crippen LogP contribution in [0.4, 0.5) is 0 Å². The Morgan fingerprint density at radius 3 is 1.15 bits per heavy atom. The van der Waals surface area contributed by atoms with Crippen molar-refractivity contribution >= 4 is 22.1 Å². The van der Waals surface area contributed by atoms with Gasteiger partial charge in [0.15, 0.2) is 5.25 Å². The zero-order chi connectivity index (χ0) is 29.9. The van der Waals surface area contributed by atoms with E-state index in [4.69, 9.17) is 19.5 Å². The molecular formula is C30H60O8S. The van der Waals surface area contributed by atoms with Crippen LogP contribution in [0.25, 0.3) is 0 Å². The Hall–Kier alpha value is -1.19. The number of hydrogen-bond donors (Lipinski definition) is 3. The molecule has 0 aromatic heterocycles. The average Bonchev–Trinajstić information content (AvgIpc) is 2.84. The van der Waals surface area contributed by atoms with E-state index in [2.05, 4.69) is 27.7 Å². The first-order valence-corrected chi connectivity index (χ1v) is 17.0. The summed E-state index contributed by atoms with van der Waals surface area (Å²) in [5.74, 6) is -3.50. The number of unbranched alkanes of at least 4 members (excludes halogenated alkanes) is 16. The molecule has 0 aliphatic carbocycles. The zero-order valence-electron chi connectivity index (χ0n) is 25.4. The van der Waals surface area contributed by atoms with Gasteiger partial charge in [0.2, 0.25) is 0 Å². The Bertz CT molecular complexity index is 654. The van der Waals surface area contributed by atoms with Gasteiger partial charge in [-0.3, -0.25) is 14.1 Å². The summed E-state index contributed by atoms with van der Waals surface area (Å²) < 4.78 is 34.9. The van der Waals surface area contributed by atoms with Crippen LogP contribution >= 0.6 is 0 Å². The Morgan fingerprint density at radius 2 is 0.923 bits per heavy atom. The van der Waals surface area contributed by atoms with Crippen LogP contribution in [0.1, 0.15) is 163 Å². The monoisotopic (exact) mass is 580 g/mol. The molecule has 0 rings (SSSR count). The van der Waals surface area contributed by atoms with Gasteiger partial charge >= 0.3 is 11.9 Å². The molecule has 234 valence electrons. The Balaban J connectivity index is 0. The van der Waals surface area contributed by atoms with E-state index in [1.54, 1.807) is 0 Å². The van der Waals surface area contributed by atoms with E-state index in [0.29, 0.717) is 12.2 Å². The van der Waals surface area contributed by atoms with Gasteiger partial charge in [-0.1, -0.05) is 129 Å². The number of carboxylic acid groups (broad SMARTS) is 2. The average molecular weight is 581 g/mol. The van der Waals surface area contributed by atoms with Crippen molar-refractivity contribution in [1.29, 1.82) is 0 Å². The molecule has 0 saturated heterocycles. The summed E-state index contributed by atoms with van der Waals surface area (Å²) in [6.07, 6.45) is 27.7. The highest BCUT2D eigenvalue weighted by Gasteiger charge is 2.33. The maximum Gasteiger partial charge on any atom is 0.325 e. The second-order valence-electron chi connectivity index (χ2n) is 10.9. The van der Waals surface area contributed by atoms with Crippen LogP contribution in [-0.2, 0) is 24.4 Å². The molecule has 0 bridgehead atoms. The lowest BCUT2D eigenvalue weighted by Gasteiger charge is -2.19. The molecule has 0 aliphatic rings. The fourth-order valence-electron chi connectivity index (χ4n) is 4.50. The van der Waals surface area contributed by atoms with Gasteiger partial charge in [0, 0.05) is 0 Å². The quantitative estimate of drug-likeness (QED) is 0.0684. The van der Waals surface area contributed by atoms with Gasteiger partial charge in [-0.2, -0.15) is 8.42 Å². The van der Waals surface area contributed by atoms with Crippen molar-refractivity contribution < 1.29 is 37.5 Å². The third-order valence-corrected chi connectivity index (χ3v) is 7.98. The van der Waals surface area contributed by atoms with Gasteiger partial charge in [-0.05, 0) is 26.7 Å². The number of carbonyl (C=O) groups is 2. The minimum atomic E-state index is -4.84. The predicted molar refractivity (Wildman–Crippen MR) is 159 cm³/mol. The molecule has 3 N–H and O–H groups in total. The SMILES string of the molecule is CCCCCCCCCCCC(C)OC(C)CCCCCCCCCCC.O=C(O)CC(C(=O)O)S(=O)(=O)O. The lowest BCUT2D eigenvalue weighted by atomic mass is 10.0. The zero-order valence-corrected chi connectivity index (χ0v) is 26.2. The molecule has 0 saturated carbocycles. The highest BCUT2D eigenvalue weighted by molar-refractivity contribution is 7.87. The van der Waals surface area contributed by atoms with E-state index in [1.165, 1.54) is 128 Å². The molecule has 3 unspecified atom stereocenters. The predicted octanol–water partition coefficient (Wildman–Crippen LogP) is 8.42. The Labute approximate surface area is 239 Å². The summed E-state index contributed by atoms with van der Waals surface area (Å²) in [5, 5.41) is 13.9. The molecule has 0 fully saturated rings. The van der Waals surface area contributed by atoms with E-state index in [1.807, 2.05) is 0 Å². The summed E-state index contributed by atoms with van der Waals surface area (Å²) in [4.78, 5) is 20.0. The van der Waals surface area contributed by atoms with Crippen molar-refractivity contribution in [3.8, 4) is 0 Å². The van der Waals surface area contributed by atoms with Crippen LogP contribution in [0.3, 0.4) is 0 Å². The maximum atomic E-state index is 10.2. The van der Waals surface area contributed by atoms with E-state index >= 15 is 0 Å². The standard InChI is InChI=1S/C26H54O.C4H6O7S/c1-5-7-9-11-13-15-17-19-21-23-25(3)27-26(4)24-22-20-18-16-14-12-10-8-6-2;5-3(6)1-2(4(7)8)12(9,10)11/h25-26H,5-24H2,1-4H3;2H,1H2,(H,5,6)(H,7,8)(H,9,10,11). The van der Waals surface area contributed by atoms with Crippen molar-refractivity contribution in [3.05, 3.63) is 0 Å². The fraction of sp³-hybridized carbons (Fsp3) is 0.933. The van der Waals surface area contributed by atoms with Crippen LogP contribution in [0.2, 0.25) is 0 Å². The van der Waals surface area contributed by atoms with Crippen LogP contribution in [0.15, 0.2) is 0 Å². The molecule has 0 aromatic rings. The van der Waals surface area contributed by atoms with Crippen LogP contribution in [-0.4, -0.2) is 52.6 Å². The molecule has 3 atom stereocenters. The van der Waals surface area contributed by atoms with Crippen molar-refractivity contribution in [3.63, 3.8) is 0 Å². The number of carboxylic acids is 2. The van der Waals surface area contributed by atoms with Crippen molar-refractivity contribution in [2.24, 2.45) is 0 Å². The Kier molecular flexibility index (Phi) is 27.7. The molecule has 0 aromatic carbocycles. The van der Waals surface area contributed by atoms with Crippen LogP contribution < -0.4 is 0 Å². The normalized spacial score (nSPS) is 13.8. The lowest BCUT2D eigenvalue weighted by Crippen LogP contribution is -2.31. The van der Waals surface area contributed by atoms with Crippen molar-refractivity contribution in [2.75, 3.05) is 0 Å². The van der Waals surface area contributed by atoms with Gasteiger partial charge in [0.1, 0.15) is 0 Å². The first kappa shape index (κ1) is 40.0. The second-order valence-corrected chi connectivity index (χ2v) is 12.5. The summed E-state index contributed by atoms with van der Waals surface area (Å²) in [5.41, 5.74) is 0. The molecule has 8 nitrogen and oxygen atoms in total. The third kappa shape index (κ3) is 29.6. The summed E-state index contributed by atoms with van der Waals surface area (Å²) in [7, 11) is -4.84. The van der Waals surface area contributed by atoms with Crippen molar-refractivity contribution in [2.45, 2.75) is 180 Å². The molecule has 9 heteroatoms. The molecule has 0 spiro atoms. The maximum absolute atomic E-state index is 10.2. The topological polar surface area (TPSA) is 138 Å². The Morgan fingerprint density at radius 1 is 0.615 bits per heavy atom. The number of aliphatic carboxylic acids is 2. The van der Waals surface area contributed by atoms with Crippen molar-refractivity contribution in [1.82, 2.24) is 0 Å². The van der Waals surface area contributed by atoms with Gasteiger partial charge in [-0.25, -0.2) is 0 Å². The summed E-state index contributed by atoms with van der Waals surface area (Å²) in [6.45, 7) is 9.14. The molecule has 39 heavy (non-hydrogen) atoms. The molecule has 0 heterocycles. The van der Waals surface area contributed by atoms with E-state index in [-0.39, 0.29) is 0 Å². The minimum absolute atomic E-state index is 0.447. The molecule has 0 aliphatic heterocycles. The number of ether oxygens (including phenoxy) is 1. The number of hydrogen-bond acceptors (Lipinski definition) is 5. The largest absolute Gasteiger partial charge is 0.481 e. The van der Waals surface area contributed by atoms with Crippen LogP contribution in [0, 0.1) is 0 Å². The van der Waals surface area contributed by atoms with Gasteiger partial charge in [-0.15, -0.1) is 0 Å². The highest BCUT2D eigenvalue weighted by Crippen LogP contribution is 2.16. The smallest absolute Gasteiger partial charge is 0.325 e. The first-order chi connectivity index (χ1) is 18.4. The van der Waals surface area contributed by atoms with E-state index in [9.17, 15) is 18.0 Å². The van der Waals surface area contributed by atoms with E-state index < -0.39 is 33.7 Å². The minimum Gasteiger partial charge on any atom is -0.481 e. The summed E-state index contributed by atoms with van der Waals surface area (Å²) in [6, 6.07) is 0. The lowest BCUT2D eigenvalue weighted by molar-refractivity contribution is -0.143. The third-order valence-electron chi connectivity index (χ3n) is 6.89. The van der Waals surface area contributed by atoms with Crippen LogP contribution in [0.5, 0.6) is 0 Å². The van der Waals surface area contributed by atoms with E-state index in [0.717, 1.165) is 0 Å². The fourth-order valence-corrected chi connectivity index (χ4v) is 5.10. The van der Waals surface area contributed by atoms with Gasteiger partial charge < -0.3 is 14.9 Å². The first-order valence-electron chi connectivity index (χ1n) is 15.5. The van der Waals surface area contributed by atoms with Gasteiger partial charge in [0.05, 0.1) is 18.6 Å². The highest BCUT2D eigenvalue weighted by atomic mass is 32.2. The molecular weight excluding hydrogens is 520 g/mol. The summed E-state index contributed by atoms with van der Waals surface area (Å²) >= 11 is 0. The number of rotatable bonds is 26. The molecule has 0 radical (unpaired) electrons.